The minimum atomic E-state index is -0.528. The Morgan fingerprint density at radius 2 is 1.68 bits per heavy atom. The van der Waals surface area contributed by atoms with Gasteiger partial charge in [-0.2, -0.15) is 4.74 Å². The average Bonchev–Trinajstić information content (AvgIpc) is 2.99. The molecule has 1 N–H and O–H groups in total. The molecular weight excluding hydrogens is 386 g/mol. The van der Waals surface area contributed by atoms with E-state index in [2.05, 4.69) is 74.5 Å². The zero-order chi connectivity index (χ0) is 21.6. The molecule has 1 aliphatic rings. The van der Waals surface area contributed by atoms with Crippen molar-refractivity contribution in [2.45, 2.75) is 32.9 Å². The number of aliphatic hydroxyl groups is 1. The van der Waals surface area contributed by atoms with Crippen molar-refractivity contribution >= 4 is 44.1 Å². The maximum absolute atomic E-state index is 12.9. The molecule has 4 aromatic rings. The highest BCUT2D eigenvalue weighted by Gasteiger charge is 2.45. The Morgan fingerprint density at radius 3 is 2.42 bits per heavy atom. The molecule has 4 nitrogen and oxygen atoms in total. The van der Waals surface area contributed by atoms with Gasteiger partial charge in [0.1, 0.15) is 0 Å². The van der Waals surface area contributed by atoms with Gasteiger partial charge in [0.2, 0.25) is 0 Å². The van der Waals surface area contributed by atoms with Crippen LogP contribution in [0.5, 0.6) is 0 Å². The summed E-state index contributed by atoms with van der Waals surface area (Å²) < 4.78 is 6.80. The SMILES string of the molecule is CC1(C)CC(/C=C/c2ccc3ccc4cccc5ccc2c3c45)=[N+]([O-])C1OCCCO. The number of nitrogens with zero attached hydrogens (tertiary/aromatic N) is 1. The quantitative estimate of drug-likeness (QED) is 0.191. The molecule has 158 valence electrons. The Balaban J connectivity index is 1.54. The second-order valence-corrected chi connectivity index (χ2v) is 9.13. The minimum Gasteiger partial charge on any atom is -0.622 e. The number of rotatable bonds is 6. The van der Waals surface area contributed by atoms with Crippen molar-refractivity contribution in [1.29, 1.82) is 0 Å². The van der Waals surface area contributed by atoms with Crippen LogP contribution in [0.25, 0.3) is 38.4 Å². The number of benzene rings is 4. The van der Waals surface area contributed by atoms with Gasteiger partial charge in [-0.25, -0.2) is 0 Å². The van der Waals surface area contributed by atoms with E-state index in [1.54, 1.807) is 0 Å². The smallest absolute Gasteiger partial charge is 0.273 e. The van der Waals surface area contributed by atoms with Crippen LogP contribution in [0.1, 0.15) is 32.3 Å². The van der Waals surface area contributed by atoms with Crippen LogP contribution in [-0.4, -0.2) is 35.0 Å². The first-order valence-corrected chi connectivity index (χ1v) is 10.9. The lowest BCUT2D eigenvalue weighted by molar-refractivity contribution is -0.564. The molecule has 0 spiro atoms. The first-order chi connectivity index (χ1) is 15.0. The van der Waals surface area contributed by atoms with Gasteiger partial charge >= 0.3 is 0 Å². The van der Waals surface area contributed by atoms with Crippen molar-refractivity contribution in [3.63, 3.8) is 0 Å². The summed E-state index contributed by atoms with van der Waals surface area (Å²) in [5, 5.41) is 29.4. The predicted octanol–water partition coefficient (Wildman–Crippen LogP) is 5.70. The van der Waals surface area contributed by atoms with Gasteiger partial charge in [-0.15, -0.1) is 0 Å². The van der Waals surface area contributed by atoms with E-state index in [1.807, 2.05) is 6.08 Å². The average molecular weight is 414 g/mol. The lowest BCUT2D eigenvalue weighted by atomic mass is 9.88. The summed E-state index contributed by atoms with van der Waals surface area (Å²) in [6.45, 7) is 4.56. The normalized spacial score (nSPS) is 19.0. The van der Waals surface area contributed by atoms with Crippen LogP contribution in [0.2, 0.25) is 0 Å². The van der Waals surface area contributed by atoms with Gasteiger partial charge in [0.25, 0.3) is 6.23 Å². The number of hydrogen-bond donors (Lipinski definition) is 1. The fourth-order valence-corrected chi connectivity index (χ4v) is 4.87. The van der Waals surface area contributed by atoms with Crippen molar-refractivity contribution in [1.82, 2.24) is 0 Å². The van der Waals surface area contributed by atoms with Crippen molar-refractivity contribution in [2.75, 3.05) is 13.2 Å². The maximum Gasteiger partial charge on any atom is 0.273 e. The molecule has 0 bridgehead atoms. The standard InChI is InChI=1S/C27H27NO3/c1-27(2)17-22(28(30)26(27)31-16-4-15-29)13-11-18-7-8-21-10-9-19-5-3-6-20-12-14-23(18)25(21)24(19)20/h3,5-14,26,29H,4,15-17H2,1-2H3/b13-11+. The largest absolute Gasteiger partial charge is 0.622 e. The molecule has 0 fully saturated rings. The number of allylic oxidation sites excluding steroid dienone is 1. The molecule has 31 heavy (non-hydrogen) atoms. The summed E-state index contributed by atoms with van der Waals surface area (Å²) in [5.74, 6) is 0. The topological polar surface area (TPSA) is 55.5 Å². The second kappa shape index (κ2) is 7.63. The van der Waals surface area contributed by atoms with Gasteiger partial charge in [0.05, 0.1) is 12.0 Å². The molecule has 0 saturated carbocycles. The highest BCUT2D eigenvalue weighted by molar-refractivity contribution is 6.24. The first-order valence-electron chi connectivity index (χ1n) is 10.9. The lowest BCUT2D eigenvalue weighted by Crippen LogP contribution is -2.34. The van der Waals surface area contributed by atoms with E-state index in [0.717, 1.165) is 16.0 Å². The molecule has 0 saturated heterocycles. The molecule has 4 aromatic carbocycles. The Bertz CT molecular complexity index is 1300. The van der Waals surface area contributed by atoms with Crippen molar-refractivity contribution < 1.29 is 14.6 Å². The fourth-order valence-electron chi connectivity index (χ4n) is 4.87. The van der Waals surface area contributed by atoms with Crippen LogP contribution >= 0.6 is 0 Å². The van der Waals surface area contributed by atoms with Crippen LogP contribution in [0.4, 0.5) is 0 Å². The summed E-state index contributed by atoms with van der Waals surface area (Å²) in [7, 11) is 0. The zero-order valence-corrected chi connectivity index (χ0v) is 18.0. The molecule has 5 rings (SSSR count). The van der Waals surface area contributed by atoms with Gasteiger partial charge in [-0.05, 0) is 50.4 Å². The molecule has 4 heteroatoms. The fraction of sp³-hybridized carbons (Fsp3) is 0.296. The van der Waals surface area contributed by atoms with Gasteiger partial charge < -0.3 is 15.1 Å². The summed E-state index contributed by atoms with van der Waals surface area (Å²) in [6.07, 6.45) is 4.66. The van der Waals surface area contributed by atoms with Gasteiger partial charge in [-0.3, -0.25) is 0 Å². The number of ether oxygens (including phenoxy) is 1. The summed E-state index contributed by atoms with van der Waals surface area (Å²) in [4.78, 5) is 0. The van der Waals surface area contributed by atoms with Crippen molar-refractivity contribution in [3.05, 3.63) is 71.4 Å². The third-order valence-electron chi connectivity index (χ3n) is 6.40. The molecular formula is C27H27NO3. The highest BCUT2D eigenvalue weighted by Crippen LogP contribution is 2.37. The van der Waals surface area contributed by atoms with E-state index in [-0.39, 0.29) is 12.0 Å². The van der Waals surface area contributed by atoms with Gasteiger partial charge in [0.15, 0.2) is 5.71 Å². The van der Waals surface area contributed by atoms with Crippen LogP contribution < -0.4 is 0 Å². The molecule has 1 atom stereocenters. The van der Waals surface area contributed by atoms with Crippen molar-refractivity contribution in [3.8, 4) is 0 Å². The molecule has 1 aliphatic heterocycles. The van der Waals surface area contributed by atoms with Gasteiger partial charge in [0, 0.05) is 19.1 Å². The first kappa shape index (κ1) is 20.0. The van der Waals surface area contributed by atoms with Crippen LogP contribution in [0.15, 0.2) is 60.7 Å². The summed E-state index contributed by atoms with van der Waals surface area (Å²) in [6, 6.07) is 19.4. The maximum atomic E-state index is 12.9. The Hall–Kier alpha value is -2.95. The Morgan fingerprint density at radius 1 is 1.00 bits per heavy atom. The zero-order valence-electron chi connectivity index (χ0n) is 18.0. The molecule has 0 amide bonds. The molecule has 0 aromatic heterocycles. The number of hydroxylamine groups is 1. The van der Waals surface area contributed by atoms with Crippen molar-refractivity contribution in [2.24, 2.45) is 5.41 Å². The van der Waals surface area contributed by atoms with Crippen LogP contribution in [-0.2, 0) is 4.74 Å². The highest BCUT2D eigenvalue weighted by atomic mass is 16.6. The third-order valence-corrected chi connectivity index (χ3v) is 6.40. The third kappa shape index (κ3) is 3.36. The van der Waals surface area contributed by atoms with Gasteiger partial charge in [-0.1, -0.05) is 68.4 Å². The minimum absolute atomic E-state index is 0.0666. The van der Waals surface area contributed by atoms with E-state index in [1.165, 1.54) is 32.3 Å². The molecule has 0 aliphatic carbocycles. The predicted molar refractivity (Wildman–Crippen MR) is 128 cm³/mol. The number of aliphatic hydroxyl groups excluding tert-OH is 1. The Kier molecular flexibility index (Phi) is 4.92. The van der Waals surface area contributed by atoms with Crippen LogP contribution in [0.3, 0.4) is 0 Å². The summed E-state index contributed by atoms with van der Waals surface area (Å²) >= 11 is 0. The second-order valence-electron chi connectivity index (χ2n) is 9.13. The molecule has 1 unspecified atom stereocenters. The van der Waals surface area contributed by atoms with E-state index < -0.39 is 6.23 Å². The Labute approximate surface area is 182 Å². The molecule has 1 heterocycles. The van der Waals surface area contributed by atoms with E-state index >= 15 is 0 Å². The van der Waals surface area contributed by atoms with E-state index in [9.17, 15) is 5.21 Å². The summed E-state index contributed by atoms with van der Waals surface area (Å²) in [5.41, 5.74) is 1.55. The van der Waals surface area contributed by atoms with E-state index in [0.29, 0.717) is 19.4 Å². The lowest BCUT2D eigenvalue weighted by Gasteiger charge is -2.23. The molecule has 0 radical (unpaired) electrons. The monoisotopic (exact) mass is 413 g/mol. The van der Waals surface area contributed by atoms with Crippen LogP contribution in [0, 0.1) is 10.6 Å². The van der Waals surface area contributed by atoms with E-state index in [4.69, 9.17) is 9.84 Å². The number of hydrogen-bond acceptors (Lipinski definition) is 3.